The number of aliphatic hydroxyl groups excluding tert-OH is 1. The Bertz CT molecular complexity index is 592. The fraction of sp³-hybridized carbons (Fsp3) is 0.200. The Labute approximate surface area is 110 Å². The van der Waals surface area contributed by atoms with Crippen LogP contribution in [0.1, 0.15) is 17.2 Å². The zero-order valence-corrected chi connectivity index (χ0v) is 10.2. The Morgan fingerprint density at radius 3 is 2.37 bits per heavy atom. The second-order valence-electron chi connectivity index (χ2n) is 4.69. The molecule has 1 aliphatic rings. The maximum atomic E-state index is 10.2. The second-order valence-corrected chi connectivity index (χ2v) is 4.69. The van der Waals surface area contributed by atoms with Crippen LogP contribution in [0.15, 0.2) is 42.5 Å². The lowest BCUT2D eigenvalue weighted by molar-refractivity contribution is 0.0206. The lowest BCUT2D eigenvalue weighted by atomic mass is 9.94. The van der Waals surface area contributed by atoms with E-state index in [0.29, 0.717) is 12.2 Å². The normalized spacial score (nSPS) is 21.5. The summed E-state index contributed by atoms with van der Waals surface area (Å²) in [6, 6.07) is 11.4. The summed E-state index contributed by atoms with van der Waals surface area (Å²) in [5, 5.41) is 28.9. The number of hydrogen-bond donors (Lipinski definition) is 3. The molecule has 0 aliphatic carbocycles. The first-order chi connectivity index (χ1) is 9.13. The first kappa shape index (κ1) is 11.9. The summed E-state index contributed by atoms with van der Waals surface area (Å²) in [5.41, 5.74) is 1.67. The average molecular weight is 258 g/mol. The molecule has 1 heterocycles. The molecule has 0 saturated carbocycles. The molecule has 98 valence electrons. The smallest absolute Gasteiger partial charge is 0.150 e. The number of benzene rings is 2. The quantitative estimate of drug-likeness (QED) is 0.733. The minimum absolute atomic E-state index is 0.139. The zero-order valence-electron chi connectivity index (χ0n) is 10.2. The van der Waals surface area contributed by atoms with Gasteiger partial charge in [0.2, 0.25) is 0 Å². The molecule has 2 aromatic rings. The summed E-state index contributed by atoms with van der Waals surface area (Å²) in [6.07, 6.45) is -0.669. The minimum atomic E-state index is -0.651. The molecule has 0 fully saturated rings. The molecule has 19 heavy (non-hydrogen) atoms. The molecule has 0 bridgehead atoms. The predicted molar refractivity (Wildman–Crippen MR) is 69.3 cm³/mol. The Morgan fingerprint density at radius 1 is 0.947 bits per heavy atom. The number of ether oxygens (including phenoxy) is 1. The maximum Gasteiger partial charge on any atom is 0.150 e. The van der Waals surface area contributed by atoms with Crippen molar-refractivity contribution in [3.63, 3.8) is 0 Å². The topological polar surface area (TPSA) is 69.9 Å². The lowest BCUT2D eigenvalue weighted by Gasteiger charge is -2.31. The molecule has 3 N–H and O–H groups in total. The van der Waals surface area contributed by atoms with E-state index >= 15 is 0 Å². The van der Waals surface area contributed by atoms with E-state index in [1.807, 2.05) is 0 Å². The highest BCUT2D eigenvalue weighted by Crippen LogP contribution is 2.37. The Morgan fingerprint density at radius 2 is 1.63 bits per heavy atom. The zero-order chi connectivity index (χ0) is 13.4. The summed E-state index contributed by atoms with van der Waals surface area (Å²) in [6.45, 7) is 0. The largest absolute Gasteiger partial charge is 0.508 e. The maximum absolute atomic E-state index is 10.2. The first-order valence-corrected chi connectivity index (χ1v) is 6.09. The number of aromatic hydroxyl groups is 2. The van der Waals surface area contributed by atoms with Gasteiger partial charge in [-0.05, 0) is 29.3 Å². The van der Waals surface area contributed by atoms with Gasteiger partial charge in [-0.15, -0.1) is 0 Å². The van der Waals surface area contributed by atoms with E-state index < -0.39 is 12.2 Å². The van der Waals surface area contributed by atoms with Gasteiger partial charge in [0.1, 0.15) is 23.4 Å². The Hall–Kier alpha value is -2.20. The second kappa shape index (κ2) is 4.48. The summed E-state index contributed by atoms with van der Waals surface area (Å²) in [7, 11) is 0. The van der Waals surface area contributed by atoms with Crippen molar-refractivity contribution in [3.8, 4) is 17.2 Å². The van der Waals surface area contributed by atoms with Crippen LogP contribution in [0.5, 0.6) is 17.2 Å². The first-order valence-electron chi connectivity index (χ1n) is 6.09. The van der Waals surface area contributed by atoms with Crippen molar-refractivity contribution in [2.24, 2.45) is 0 Å². The molecular weight excluding hydrogens is 244 g/mol. The highest BCUT2D eigenvalue weighted by molar-refractivity contribution is 5.43. The van der Waals surface area contributed by atoms with Crippen molar-refractivity contribution in [2.75, 3.05) is 0 Å². The van der Waals surface area contributed by atoms with Gasteiger partial charge in [0.05, 0.1) is 6.10 Å². The molecule has 1 aliphatic heterocycles. The predicted octanol–water partition coefficient (Wildman–Crippen LogP) is 2.13. The third kappa shape index (κ3) is 2.22. The van der Waals surface area contributed by atoms with Gasteiger partial charge in [-0.3, -0.25) is 0 Å². The number of rotatable bonds is 1. The monoisotopic (exact) mass is 258 g/mol. The van der Waals surface area contributed by atoms with E-state index in [0.717, 1.165) is 11.1 Å². The van der Waals surface area contributed by atoms with Gasteiger partial charge >= 0.3 is 0 Å². The van der Waals surface area contributed by atoms with Crippen LogP contribution in [-0.2, 0) is 6.42 Å². The van der Waals surface area contributed by atoms with Gasteiger partial charge in [0.25, 0.3) is 0 Å². The van der Waals surface area contributed by atoms with Crippen molar-refractivity contribution in [2.45, 2.75) is 18.6 Å². The minimum Gasteiger partial charge on any atom is -0.508 e. The summed E-state index contributed by atoms with van der Waals surface area (Å²) < 4.78 is 5.76. The number of phenols is 2. The van der Waals surface area contributed by atoms with Gasteiger partial charge in [0.15, 0.2) is 0 Å². The summed E-state index contributed by atoms with van der Waals surface area (Å²) >= 11 is 0. The van der Waals surface area contributed by atoms with Crippen LogP contribution < -0.4 is 4.74 Å². The summed E-state index contributed by atoms with van der Waals surface area (Å²) in [4.78, 5) is 0. The van der Waals surface area contributed by atoms with E-state index in [-0.39, 0.29) is 11.5 Å². The standard InChI is InChI=1S/C15H14O4/c16-11-4-1-9(2-5-11)15-13(18)7-10-3-6-12(17)8-14(10)19-15/h1-6,8,13,15-18H,7H2/t13-,15?/m0/s1. The fourth-order valence-electron chi connectivity index (χ4n) is 2.32. The molecule has 0 spiro atoms. The molecule has 4 heteroatoms. The highest BCUT2D eigenvalue weighted by atomic mass is 16.5. The van der Waals surface area contributed by atoms with Gasteiger partial charge in [-0.1, -0.05) is 18.2 Å². The van der Waals surface area contributed by atoms with E-state index in [1.54, 1.807) is 42.5 Å². The Kier molecular flexibility index (Phi) is 2.80. The molecule has 0 radical (unpaired) electrons. The van der Waals surface area contributed by atoms with Gasteiger partial charge < -0.3 is 20.1 Å². The number of fused-ring (bicyclic) bond motifs is 1. The van der Waals surface area contributed by atoms with Crippen molar-refractivity contribution in [1.82, 2.24) is 0 Å². The van der Waals surface area contributed by atoms with Crippen LogP contribution in [0, 0.1) is 0 Å². The van der Waals surface area contributed by atoms with E-state index in [1.165, 1.54) is 0 Å². The third-order valence-corrected chi connectivity index (χ3v) is 3.30. The molecule has 1 unspecified atom stereocenters. The van der Waals surface area contributed by atoms with Crippen molar-refractivity contribution in [3.05, 3.63) is 53.6 Å². The number of phenolic OH excluding ortho intramolecular Hbond substituents is 2. The SMILES string of the molecule is Oc1ccc(C2Oc3cc(O)ccc3C[C@@H]2O)cc1. The molecule has 3 rings (SSSR count). The number of aliphatic hydroxyl groups is 1. The van der Waals surface area contributed by atoms with Gasteiger partial charge in [-0.2, -0.15) is 0 Å². The van der Waals surface area contributed by atoms with E-state index in [2.05, 4.69) is 0 Å². The van der Waals surface area contributed by atoms with E-state index in [4.69, 9.17) is 4.74 Å². The van der Waals surface area contributed by atoms with Crippen LogP contribution in [0.3, 0.4) is 0 Å². The number of hydrogen-bond acceptors (Lipinski definition) is 4. The molecule has 0 saturated heterocycles. The van der Waals surface area contributed by atoms with E-state index in [9.17, 15) is 15.3 Å². The molecule has 0 amide bonds. The third-order valence-electron chi connectivity index (χ3n) is 3.30. The average Bonchev–Trinajstić information content (AvgIpc) is 2.40. The lowest BCUT2D eigenvalue weighted by Crippen LogP contribution is -2.30. The van der Waals surface area contributed by atoms with Crippen LogP contribution in [0.2, 0.25) is 0 Å². The summed E-state index contributed by atoms with van der Waals surface area (Å²) in [5.74, 6) is 0.898. The molecule has 0 aromatic heterocycles. The Balaban J connectivity index is 1.94. The van der Waals surface area contributed by atoms with Crippen LogP contribution in [-0.4, -0.2) is 21.4 Å². The van der Waals surface area contributed by atoms with Crippen molar-refractivity contribution < 1.29 is 20.1 Å². The molecule has 2 atom stereocenters. The van der Waals surface area contributed by atoms with Crippen LogP contribution in [0.25, 0.3) is 0 Å². The van der Waals surface area contributed by atoms with Gasteiger partial charge in [-0.25, -0.2) is 0 Å². The van der Waals surface area contributed by atoms with Crippen molar-refractivity contribution >= 4 is 0 Å². The molecule has 2 aromatic carbocycles. The van der Waals surface area contributed by atoms with Crippen LogP contribution >= 0.6 is 0 Å². The van der Waals surface area contributed by atoms with Crippen molar-refractivity contribution in [1.29, 1.82) is 0 Å². The fourth-order valence-corrected chi connectivity index (χ4v) is 2.32. The highest BCUT2D eigenvalue weighted by Gasteiger charge is 2.29. The molecule has 4 nitrogen and oxygen atoms in total. The van der Waals surface area contributed by atoms with Crippen LogP contribution in [0.4, 0.5) is 0 Å². The molecular formula is C15H14O4. The van der Waals surface area contributed by atoms with Gasteiger partial charge in [0, 0.05) is 12.5 Å².